The molecule has 0 saturated carbocycles. The van der Waals surface area contributed by atoms with Gasteiger partial charge in [0.1, 0.15) is 5.92 Å². The summed E-state index contributed by atoms with van der Waals surface area (Å²) in [6.07, 6.45) is 4.58. The number of aliphatic carboxylic acids is 1. The van der Waals surface area contributed by atoms with E-state index in [9.17, 15) is 19.5 Å². The SMILES string of the molecule is CC(C)NC(=O)NC1=CC(C)(NC(=O)NC(C)C)C=CC1C(=O)O. The van der Waals surface area contributed by atoms with E-state index < -0.39 is 23.5 Å². The van der Waals surface area contributed by atoms with Crippen molar-refractivity contribution in [1.82, 2.24) is 21.3 Å². The Morgan fingerprint density at radius 1 is 1.08 bits per heavy atom. The molecule has 134 valence electrons. The predicted molar refractivity (Wildman–Crippen MR) is 90.4 cm³/mol. The summed E-state index contributed by atoms with van der Waals surface area (Å²) in [5, 5.41) is 20.0. The molecular weight excluding hydrogens is 312 g/mol. The van der Waals surface area contributed by atoms with Crippen LogP contribution in [0.5, 0.6) is 0 Å². The van der Waals surface area contributed by atoms with E-state index in [0.29, 0.717) is 0 Å². The van der Waals surface area contributed by atoms with Crippen LogP contribution in [0.4, 0.5) is 9.59 Å². The summed E-state index contributed by atoms with van der Waals surface area (Å²) in [5.41, 5.74) is -0.707. The van der Waals surface area contributed by atoms with Crippen molar-refractivity contribution in [3.63, 3.8) is 0 Å². The molecule has 0 spiro atoms. The molecule has 24 heavy (non-hydrogen) atoms. The Bertz CT molecular complexity index is 568. The van der Waals surface area contributed by atoms with Crippen molar-refractivity contribution < 1.29 is 19.5 Å². The quantitative estimate of drug-likeness (QED) is 0.486. The van der Waals surface area contributed by atoms with Crippen LogP contribution in [0.15, 0.2) is 23.9 Å². The first-order valence-electron chi connectivity index (χ1n) is 7.83. The van der Waals surface area contributed by atoms with Crippen LogP contribution in [0.3, 0.4) is 0 Å². The summed E-state index contributed by atoms with van der Waals surface area (Å²) in [4.78, 5) is 35.2. The zero-order chi connectivity index (χ0) is 18.5. The molecule has 1 aliphatic carbocycles. The summed E-state index contributed by atoms with van der Waals surface area (Å²) in [5.74, 6) is -2.07. The molecule has 0 saturated heterocycles. The molecule has 4 amide bonds. The summed E-state index contributed by atoms with van der Waals surface area (Å²) in [6, 6.07) is -0.999. The Balaban J connectivity index is 2.96. The highest BCUT2D eigenvalue weighted by Crippen LogP contribution is 2.24. The van der Waals surface area contributed by atoms with E-state index in [0.717, 1.165) is 0 Å². The molecule has 0 aromatic heterocycles. The lowest BCUT2D eigenvalue weighted by Crippen LogP contribution is -2.52. The van der Waals surface area contributed by atoms with Crippen LogP contribution in [-0.2, 0) is 4.79 Å². The van der Waals surface area contributed by atoms with Gasteiger partial charge in [-0.05, 0) is 40.7 Å². The lowest BCUT2D eigenvalue weighted by molar-refractivity contribution is -0.139. The summed E-state index contributed by atoms with van der Waals surface area (Å²) < 4.78 is 0. The molecule has 1 rings (SSSR count). The molecule has 0 heterocycles. The third kappa shape index (κ3) is 5.94. The van der Waals surface area contributed by atoms with Gasteiger partial charge in [0.15, 0.2) is 0 Å². The van der Waals surface area contributed by atoms with Gasteiger partial charge < -0.3 is 26.4 Å². The maximum atomic E-state index is 11.9. The molecule has 0 bridgehead atoms. The van der Waals surface area contributed by atoms with Crippen molar-refractivity contribution in [2.24, 2.45) is 5.92 Å². The van der Waals surface area contributed by atoms with Gasteiger partial charge in [0.05, 0.1) is 5.54 Å². The molecule has 5 N–H and O–H groups in total. The number of nitrogens with one attached hydrogen (secondary N) is 4. The monoisotopic (exact) mass is 338 g/mol. The van der Waals surface area contributed by atoms with E-state index in [1.807, 2.05) is 13.8 Å². The van der Waals surface area contributed by atoms with E-state index in [1.165, 1.54) is 12.2 Å². The first-order valence-corrected chi connectivity index (χ1v) is 7.83. The lowest BCUT2D eigenvalue weighted by Gasteiger charge is -2.31. The number of carbonyl (C=O) groups excluding carboxylic acids is 2. The standard InChI is InChI=1S/C16H26N4O4/c1-9(2)17-14(23)19-12-8-16(5,7-6-11(12)13(21)22)20-15(24)18-10(3)4/h6-11H,1-5H3,(H,21,22)(H2,17,19,23)(H2,18,20,24). The van der Waals surface area contributed by atoms with Crippen LogP contribution in [-0.4, -0.2) is 40.8 Å². The Kier molecular flexibility index (Phi) is 6.39. The predicted octanol–water partition coefficient (Wildman–Crippen LogP) is 1.31. The summed E-state index contributed by atoms with van der Waals surface area (Å²) in [6.45, 7) is 8.97. The topological polar surface area (TPSA) is 120 Å². The molecule has 0 radical (unpaired) electrons. The van der Waals surface area contributed by atoms with Crippen LogP contribution in [0.25, 0.3) is 0 Å². The van der Waals surface area contributed by atoms with Crippen LogP contribution in [0.1, 0.15) is 34.6 Å². The van der Waals surface area contributed by atoms with Gasteiger partial charge in [-0.25, -0.2) is 9.59 Å². The number of amides is 4. The maximum absolute atomic E-state index is 11.9. The Morgan fingerprint density at radius 2 is 1.62 bits per heavy atom. The van der Waals surface area contributed by atoms with Crippen molar-refractivity contribution in [1.29, 1.82) is 0 Å². The van der Waals surface area contributed by atoms with Gasteiger partial charge in [0, 0.05) is 17.8 Å². The average Bonchev–Trinajstić information content (AvgIpc) is 2.34. The van der Waals surface area contributed by atoms with Gasteiger partial charge >= 0.3 is 18.0 Å². The Morgan fingerprint density at radius 3 is 2.12 bits per heavy atom. The normalized spacial score (nSPS) is 22.8. The molecule has 0 aliphatic heterocycles. The maximum Gasteiger partial charge on any atom is 0.319 e. The summed E-state index contributed by atoms with van der Waals surface area (Å²) >= 11 is 0. The third-order valence-corrected chi connectivity index (χ3v) is 3.17. The Labute approximate surface area is 141 Å². The van der Waals surface area contributed by atoms with Crippen molar-refractivity contribution >= 4 is 18.0 Å². The second-order valence-corrected chi connectivity index (χ2v) is 6.56. The molecular formula is C16H26N4O4. The molecule has 0 fully saturated rings. The van der Waals surface area contributed by atoms with Gasteiger partial charge in [-0.15, -0.1) is 0 Å². The first kappa shape index (κ1) is 19.5. The largest absolute Gasteiger partial charge is 0.481 e. The first-order chi connectivity index (χ1) is 11.0. The highest BCUT2D eigenvalue weighted by Gasteiger charge is 2.32. The smallest absolute Gasteiger partial charge is 0.319 e. The molecule has 8 nitrogen and oxygen atoms in total. The molecule has 0 aromatic rings. The fraction of sp³-hybridized carbons (Fsp3) is 0.562. The van der Waals surface area contributed by atoms with Gasteiger partial charge in [-0.3, -0.25) is 4.79 Å². The number of hydrogen-bond acceptors (Lipinski definition) is 3. The average molecular weight is 338 g/mol. The molecule has 1 aliphatic rings. The van der Waals surface area contributed by atoms with Gasteiger partial charge in [-0.1, -0.05) is 12.2 Å². The van der Waals surface area contributed by atoms with Crippen LogP contribution in [0.2, 0.25) is 0 Å². The van der Waals surface area contributed by atoms with Gasteiger partial charge in [-0.2, -0.15) is 0 Å². The molecule has 8 heteroatoms. The highest BCUT2D eigenvalue weighted by molar-refractivity contribution is 5.82. The van der Waals surface area contributed by atoms with Crippen molar-refractivity contribution in [2.75, 3.05) is 0 Å². The fourth-order valence-electron chi connectivity index (χ4n) is 2.24. The van der Waals surface area contributed by atoms with E-state index in [1.54, 1.807) is 26.8 Å². The van der Waals surface area contributed by atoms with E-state index in [-0.39, 0.29) is 23.8 Å². The number of urea groups is 2. The van der Waals surface area contributed by atoms with Crippen LogP contribution >= 0.6 is 0 Å². The second-order valence-electron chi connectivity index (χ2n) is 6.56. The van der Waals surface area contributed by atoms with Crippen LogP contribution in [0, 0.1) is 5.92 Å². The molecule has 2 atom stereocenters. The van der Waals surface area contributed by atoms with Crippen molar-refractivity contribution in [2.45, 2.75) is 52.2 Å². The lowest BCUT2D eigenvalue weighted by atomic mass is 9.88. The fourth-order valence-corrected chi connectivity index (χ4v) is 2.24. The van der Waals surface area contributed by atoms with E-state index in [2.05, 4.69) is 21.3 Å². The van der Waals surface area contributed by atoms with Gasteiger partial charge in [0.2, 0.25) is 0 Å². The second kappa shape index (κ2) is 7.85. The van der Waals surface area contributed by atoms with Crippen molar-refractivity contribution in [3.8, 4) is 0 Å². The number of carboxylic acids is 1. The molecule has 2 unspecified atom stereocenters. The number of rotatable bonds is 5. The third-order valence-electron chi connectivity index (χ3n) is 3.17. The zero-order valence-electron chi connectivity index (χ0n) is 14.6. The number of carbonyl (C=O) groups is 3. The Hall–Kier alpha value is -2.51. The summed E-state index contributed by atoms with van der Waals surface area (Å²) in [7, 11) is 0. The minimum atomic E-state index is -1.09. The highest BCUT2D eigenvalue weighted by atomic mass is 16.4. The van der Waals surface area contributed by atoms with Crippen molar-refractivity contribution in [3.05, 3.63) is 23.9 Å². The van der Waals surface area contributed by atoms with Crippen LogP contribution < -0.4 is 21.3 Å². The van der Waals surface area contributed by atoms with Gasteiger partial charge in [0.25, 0.3) is 0 Å². The van der Waals surface area contributed by atoms with E-state index >= 15 is 0 Å². The minimum Gasteiger partial charge on any atom is -0.481 e. The number of carboxylic acid groups (broad SMARTS) is 1. The number of hydrogen-bond donors (Lipinski definition) is 5. The minimum absolute atomic E-state index is 0.0358. The molecule has 0 aromatic carbocycles. The van der Waals surface area contributed by atoms with E-state index in [4.69, 9.17) is 0 Å². The zero-order valence-corrected chi connectivity index (χ0v) is 14.6.